The van der Waals surface area contributed by atoms with Crippen molar-refractivity contribution in [1.82, 2.24) is 0 Å². The zero-order chi connectivity index (χ0) is 5.66. The molecule has 0 bridgehead atoms. The molecular formula is C6H8OS. The summed E-state index contributed by atoms with van der Waals surface area (Å²) in [6.07, 6.45) is 5.76. The Hall–Kier alpha value is -0.370. The fraction of sp³-hybridized carbons (Fsp3) is 0.333. The van der Waals surface area contributed by atoms with Crippen molar-refractivity contribution in [2.24, 2.45) is 0 Å². The Balaban J connectivity index is 2.29. The first kappa shape index (κ1) is 5.76. The minimum Gasteiger partial charge on any atom is -0.497 e. The Kier molecular flexibility index (Phi) is 2.60. The molecule has 1 heterocycles. The summed E-state index contributed by atoms with van der Waals surface area (Å²) in [7, 11) is 0. The standard InChI is InChI=1S/C6H8OS/c1-3-7-4-2-6-8-5-1/h1-3,6H,4-5H2. The van der Waals surface area contributed by atoms with Crippen molar-refractivity contribution in [3.05, 3.63) is 23.8 Å². The van der Waals surface area contributed by atoms with Crippen molar-refractivity contribution in [2.45, 2.75) is 0 Å². The molecule has 0 atom stereocenters. The van der Waals surface area contributed by atoms with Crippen LogP contribution in [0, 0.1) is 0 Å². The summed E-state index contributed by atoms with van der Waals surface area (Å²) < 4.78 is 4.99. The molecule has 0 aliphatic carbocycles. The van der Waals surface area contributed by atoms with Crippen molar-refractivity contribution < 1.29 is 4.74 Å². The topological polar surface area (TPSA) is 9.23 Å². The molecule has 0 amide bonds. The van der Waals surface area contributed by atoms with Crippen molar-refractivity contribution in [1.29, 1.82) is 0 Å². The lowest BCUT2D eigenvalue weighted by molar-refractivity contribution is 0.289. The van der Waals surface area contributed by atoms with E-state index in [0.29, 0.717) is 6.61 Å². The van der Waals surface area contributed by atoms with Crippen LogP contribution in [0.2, 0.25) is 0 Å². The van der Waals surface area contributed by atoms with Gasteiger partial charge in [0.25, 0.3) is 0 Å². The van der Waals surface area contributed by atoms with Gasteiger partial charge in [-0.2, -0.15) is 0 Å². The van der Waals surface area contributed by atoms with E-state index in [1.165, 1.54) is 0 Å². The summed E-state index contributed by atoms with van der Waals surface area (Å²) in [6, 6.07) is 0. The van der Waals surface area contributed by atoms with Gasteiger partial charge in [0.1, 0.15) is 6.61 Å². The number of rotatable bonds is 0. The predicted octanol–water partition coefficient (Wildman–Crippen LogP) is 1.78. The molecule has 0 fully saturated rings. The van der Waals surface area contributed by atoms with Crippen molar-refractivity contribution in [3.8, 4) is 0 Å². The molecule has 0 aromatic heterocycles. The van der Waals surface area contributed by atoms with Crippen molar-refractivity contribution in [2.75, 3.05) is 12.4 Å². The summed E-state index contributed by atoms with van der Waals surface area (Å²) in [4.78, 5) is 0. The molecule has 8 heavy (non-hydrogen) atoms. The van der Waals surface area contributed by atoms with E-state index in [0.717, 1.165) is 5.75 Å². The van der Waals surface area contributed by atoms with E-state index in [1.54, 1.807) is 18.0 Å². The summed E-state index contributed by atoms with van der Waals surface area (Å²) in [5, 5.41) is 2.06. The average Bonchev–Trinajstić information content (AvgIpc) is 1.62. The van der Waals surface area contributed by atoms with E-state index < -0.39 is 0 Å². The van der Waals surface area contributed by atoms with Crippen LogP contribution in [-0.4, -0.2) is 12.4 Å². The van der Waals surface area contributed by atoms with Crippen LogP contribution in [0.5, 0.6) is 0 Å². The van der Waals surface area contributed by atoms with Gasteiger partial charge in [0.2, 0.25) is 0 Å². The molecule has 0 aromatic rings. The van der Waals surface area contributed by atoms with Crippen LogP contribution in [0.4, 0.5) is 0 Å². The lowest BCUT2D eigenvalue weighted by atomic mass is 10.7. The molecule has 1 aliphatic heterocycles. The van der Waals surface area contributed by atoms with E-state index in [4.69, 9.17) is 4.74 Å². The maximum atomic E-state index is 4.99. The molecule has 0 spiro atoms. The average molecular weight is 128 g/mol. The maximum absolute atomic E-state index is 4.99. The monoisotopic (exact) mass is 128 g/mol. The summed E-state index contributed by atoms with van der Waals surface area (Å²) >= 11 is 1.78. The molecule has 0 saturated heterocycles. The zero-order valence-electron chi connectivity index (χ0n) is 4.54. The highest BCUT2D eigenvalue weighted by Gasteiger charge is 1.81. The van der Waals surface area contributed by atoms with Gasteiger partial charge in [0.05, 0.1) is 6.26 Å². The summed E-state index contributed by atoms with van der Waals surface area (Å²) in [5.74, 6) is 1.02. The van der Waals surface area contributed by atoms with Gasteiger partial charge in [0.15, 0.2) is 0 Å². The molecule has 0 unspecified atom stereocenters. The molecule has 0 radical (unpaired) electrons. The first-order chi connectivity index (χ1) is 4.00. The zero-order valence-corrected chi connectivity index (χ0v) is 5.36. The Labute approximate surface area is 53.4 Å². The van der Waals surface area contributed by atoms with Gasteiger partial charge in [0, 0.05) is 5.75 Å². The first-order valence-corrected chi connectivity index (χ1v) is 3.58. The molecule has 0 aromatic carbocycles. The fourth-order valence-corrected chi connectivity index (χ4v) is 0.952. The third-order valence-corrected chi connectivity index (χ3v) is 1.54. The Morgan fingerprint density at radius 3 is 3.38 bits per heavy atom. The number of ether oxygens (including phenoxy) is 1. The van der Waals surface area contributed by atoms with Crippen LogP contribution in [0.15, 0.2) is 23.8 Å². The van der Waals surface area contributed by atoms with Gasteiger partial charge in [-0.25, -0.2) is 0 Å². The second-order valence-electron chi connectivity index (χ2n) is 1.41. The van der Waals surface area contributed by atoms with Gasteiger partial charge in [-0.1, -0.05) is 0 Å². The minimum atomic E-state index is 0.712. The van der Waals surface area contributed by atoms with Crippen LogP contribution in [0.3, 0.4) is 0 Å². The van der Waals surface area contributed by atoms with Gasteiger partial charge in [-0.3, -0.25) is 0 Å². The van der Waals surface area contributed by atoms with Crippen LogP contribution in [0.1, 0.15) is 0 Å². The largest absolute Gasteiger partial charge is 0.497 e. The van der Waals surface area contributed by atoms with Gasteiger partial charge in [-0.15, -0.1) is 11.8 Å². The molecule has 2 heteroatoms. The third kappa shape index (κ3) is 2.07. The van der Waals surface area contributed by atoms with E-state index in [2.05, 4.69) is 5.41 Å². The van der Waals surface area contributed by atoms with Gasteiger partial charge >= 0.3 is 0 Å². The van der Waals surface area contributed by atoms with E-state index >= 15 is 0 Å². The minimum absolute atomic E-state index is 0.712. The quantitative estimate of drug-likeness (QED) is 0.491. The Morgan fingerprint density at radius 1 is 1.38 bits per heavy atom. The smallest absolute Gasteiger partial charge is 0.106 e. The van der Waals surface area contributed by atoms with Crippen LogP contribution in [-0.2, 0) is 4.74 Å². The van der Waals surface area contributed by atoms with Crippen LogP contribution >= 0.6 is 11.8 Å². The number of hydrogen-bond donors (Lipinski definition) is 0. The lowest BCUT2D eigenvalue weighted by Gasteiger charge is -1.96. The second kappa shape index (κ2) is 3.61. The van der Waals surface area contributed by atoms with Crippen molar-refractivity contribution in [3.63, 3.8) is 0 Å². The maximum Gasteiger partial charge on any atom is 0.106 e. The molecule has 0 saturated carbocycles. The van der Waals surface area contributed by atoms with E-state index in [9.17, 15) is 0 Å². The highest BCUT2D eigenvalue weighted by Crippen LogP contribution is 2.03. The normalized spacial score (nSPS) is 19.0. The second-order valence-corrected chi connectivity index (χ2v) is 2.35. The molecule has 1 aliphatic rings. The van der Waals surface area contributed by atoms with E-state index in [1.807, 2.05) is 12.2 Å². The first-order valence-electron chi connectivity index (χ1n) is 2.53. The molecular weight excluding hydrogens is 120 g/mol. The van der Waals surface area contributed by atoms with E-state index in [-0.39, 0.29) is 0 Å². The summed E-state index contributed by atoms with van der Waals surface area (Å²) in [6.45, 7) is 0.712. The number of hydrogen-bond acceptors (Lipinski definition) is 2. The Bertz CT molecular complexity index is 81.1. The predicted molar refractivity (Wildman–Crippen MR) is 36.7 cm³/mol. The highest BCUT2D eigenvalue weighted by molar-refractivity contribution is 8.02. The van der Waals surface area contributed by atoms with Gasteiger partial charge < -0.3 is 4.74 Å². The third-order valence-electron chi connectivity index (χ3n) is 0.770. The fourth-order valence-electron chi connectivity index (χ4n) is 0.437. The molecule has 44 valence electrons. The Morgan fingerprint density at radius 2 is 2.38 bits per heavy atom. The SMILES string of the molecule is C1=CSCC=COC1. The molecule has 1 rings (SSSR count). The van der Waals surface area contributed by atoms with Crippen LogP contribution < -0.4 is 0 Å². The molecule has 1 nitrogen and oxygen atoms in total. The van der Waals surface area contributed by atoms with Gasteiger partial charge in [-0.05, 0) is 17.6 Å². The van der Waals surface area contributed by atoms with Crippen molar-refractivity contribution >= 4 is 11.8 Å². The number of thioether (sulfide) groups is 1. The molecule has 0 N–H and O–H groups in total. The lowest BCUT2D eigenvalue weighted by Crippen LogP contribution is -1.82. The summed E-state index contributed by atoms with van der Waals surface area (Å²) in [5.41, 5.74) is 0. The highest BCUT2D eigenvalue weighted by atomic mass is 32.2. The van der Waals surface area contributed by atoms with Crippen LogP contribution in [0.25, 0.3) is 0 Å².